The Bertz CT molecular complexity index is 1210. The third kappa shape index (κ3) is 3.80. The van der Waals surface area contributed by atoms with Gasteiger partial charge in [-0.2, -0.15) is 0 Å². The zero-order valence-corrected chi connectivity index (χ0v) is 17.7. The number of H-pyrrole nitrogens is 1. The van der Waals surface area contributed by atoms with Crippen LogP contribution in [0.2, 0.25) is 0 Å². The molecule has 2 aromatic heterocycles. The molecule has 166 valence electrons. The van der Waals surface area contributed by atoms with Gasteiger partial charge < -0.3 is 15.0 Å². The molecule has 2 aliphatic rings. The average molecular weight is 436 g/mol. The fourth-order valence-electron chi connectivity index (χ4n) is 4.76. The van der Waals surface area contributed by atoms with Crippen molar-refractivity contribution in [3.8, 4) is 5.75 Å². The van der Waals surface area contributed by atoms with Crippen LogP contribution in [0.3, 0.4) is 0 Å². The van der Waals surface area contributed by atoms with Crippen LogP contribution in [0.5, 0.6) is 5.75 Å². The van der Waals surface area contributed by atoms with Crippen LogP contribution in [0, 0.1) is 5.82 Å². The summed E-state index contributed by atoms with van der Waals surface area (Å²) in [7, 11) is 0. The molecule has 7 nitrogen and oxygen atoms in total. The van der Waals surface area contributed by atoms with Gasteiger partial charge in [-0.15, -0.1) is 0 Å². The highest BCUT2D eigenvalue weighted by Crippen LogP contribution is 2.32. The molecule has 1 fully saturated rings. The van der Waals surface area contributed by atoms with Gasteiger partial charge in [0.05, 0.1) is 12.1 Å². The minimum atomic E-state index is -0.390. The molecule has 0 radical (unpaired) electrons. The maximum absolute atomic E-state index is 15.6. The Morgan fingerprint density at radius 2 is 2.16 bits per heavy atom. The summed E-state index contributed by atoms with van der Waals surface area (Å²) in [5, 5.41) is 4.11. The summed E-state index contributed by atoms with van der Waals surface area (Å²) >= 11 is 0. The number of aromatic amines is 1. The highest BCUT2D eigenvalue weighted by Gasteiger charge is 2.25. The summed E-state index contributed by atoms with van der Waals surface area (Å²) in [5.41, 5.74) is 2.59. The van der Waals surface area contributed by atoms with Crippen LogP contribution >= 0.6 is 0 Å². The van der Waals surface area contributed by atoms with Gasteiger partial charge in [0.25, 0.3) is 5.56 Å². The molecular weight excluding hydrogens is 411 g/mol. The van der Waals surface area contributed by atoms with Gasteiger partial charge in [0.15, 0.2) is 17.9 Å². The van der Waals surface area contributed by atoms with Crippen molar-refractivity contribution in [1.29, 1.82) is 0 Å². The van der Waals surface area contributed by atoms with Gasteiger partial charge in [0.2, 0.25) is 0 Å². The molecule has 3 aromatic rings. The quantitative estimate of drug-likeness (QED) is 0.612. The van der Waals surface area contributed by atoms with E-state index in [1.807, 2.05) is 18.2 Å². The van der Waals surface area contributed by atoms with E-state index in [-0.39, 0.29) is 17.1 Å². The normalized spacial score (nSPS) is 19.2. The number of nitrogens with one attached hydrogen (secondary N) is 2. The number of nitrogens with zero attached hydrogens (tertiary/aromatic N) is 2. The second-order valence-corrected chi connectivity index (χ2v) is 8.33. The van der Waals surface area contributed by atoms with Crippen molar-refractivity contribution in [3.05, 3.63) is 69.0 Å². The number of carbonyl (C=O) groups excluding carboxylic acids is 1. The largest absolute Gasteiger partial charge is 0.488 e. The number of carbonyl (C=O) groups is 1. The Balaban J connectivity index is 1.50. The second kappa shape index (κ2) is 8.80. The van der Waals surface area contributed by atoms with E-state index in [2.05, 4.69) is 20.2 Å². The number of aromatic nitrogens is 2. The first-order valence-electron chi connectivity index (χ1n) is 11.0. The molecule has 5 rings (SSSR count). The smallest absolute Gasteiger partial charge is 0.291 e. The highest BCUT2D eigenvalue weighted by atomic mass is 19.1. The monoisotopic (exact) mass is 436 g/mol. The lowest BCUT2D eigenvalue weighted by Crippen LogP contribution is -2.31. The Morgan fingerprint density at radius 1 is 1.25 bits per heavy atom. The van der Waals surface area contributed by atoms with Crippen LogP contribution < -0.4 is 15.6 Å². The van der Waals surface area contributed by atoms with Gasteiger partial charge in [0.1, 0.15) is 5.69 Å². The highest BCUT2D eigenvalue weighted by molar-refractivity contribution is 5.85. The van der Waals surface area contributed by atoms with Crippen molar-refractivity contribution in [1.82, 2.24) is 20.2 Å². The molecule has 8 heteroatoms. The first-order chi connectivity index (χ1) is 15.7. The number of halogens is 1. The van der Waals surface area contributed by atoms with Crippen LogP contribution in [-0.4, -0.2) is 47.4 Å². The fourth-order valence-corrected chi connectivity index (χ4v) is 4.76. The fraction of sp³-hybridized carbons (Fsp3) is 0.375. The Morgan fingerprint density at radius 3 is 2.97 bits per heavy atom. The molecule has 2 aliphatic heterocycles. The lowest BCUT2D eigenvalue weighted by Gasteiger charge is -2.30. The van der Waals surface area contributed by atoms with Crippen molar-refractivity contribution >= 4 is 17.2 Å². The second-order valence-electron chi connectivity index (χ2n) is 8.33. The van der Waals surface area contributed by atoms with E-state index in [9.17, 15) is 9.59 Å². The molecule has 1 atom stereocenters. The molecule has 1 aromatic carbocycles. The summed E-state index contributed by atoms with van der Waals surface area (Å²) in [6.45, 7) is 3.30. The molecule has 1 unspecified atom stereocenters. The zero-order valence-electron chi connectivity index (χ0n) is 17.7. The summed E-state index contributed by atoms with van der Waals surface area (Å²) in [4.78, 5) is 32.6. The summed E-state index contributed by atoms with van der Waals surface area (Å²) in [6, 6.07) is 7.38. The van der Waals surface area contributed by atoms with E-state index < -0.39 is 5.82 Å². The molecule has 0 aliphatic carbocycles. The van der Waals surface area contributed by atoms with Crippen molar-refractivity contribution < 1.29 is 13.9 Å². The molecule has 0 spiro atoms. The molecule has 2 N–H and O–H groups in total. The standard InChI is InChI=1S/C24H25FN4O3/c25-21-16(4-6-18-19-2-1-11-32-23(19)24(31)28-22(18)21)13-29-10-9-26-8-7-20(29)15-3-5-17(14-30)27-12-15/h3-6,12,14,20,26H,1-2,7-11,13H2,(H,28,31). The number of hydrogen-bond donors (Lipinski definition) is 2. The average Bonchev–Trinajstić information content (AvgIpc) is 3.07. The number of rotatable bonds is 4. The molecule has 0 amide bonds. The Hall–Kier alpha value is -3.10. The third-order valence-corrected chi connectivity index (χ3v) is 6.38. The van der Waals surface area contributed by atoms with Crippen molar-refractivity contribution in [2.24, 2.45) is 0 Å². The summed E-state index contributed by atoms with van der Waals surface area (Å²) in [5.74, 6) is -0.0702. The van der Waals surface area contributed by atoms with Gasteiger partial charge in [-0.05, 0) is 37.4 Å². The number of fused-ring (bicyclic) bond motifs is 3. The van der Waals surface area contributed by atoms with Gasteiger partial charge in [-0.3, -0.25) is 19.5 Å². The van der Waals surface area contributed by atoms with Gasteiger partial charge in [0, 0.05) is 48.4 Å². The molecule has 4 heterocycles. The first-order valence-corrected chi connectivity index (χ1v) is 11.0. The minimum absolute atomic E-state index is 0.0456. The SMILES string of the molecule is O=Cc1ccc(C2CCNCCN2Cc2ccc3c4c(c(=O)[nH]c3c2F)OCCC4)cn1. The molecule has 0 bridgehead atoms. The van der Waals surface area contributed by atoms with E-state index in [0.717, 1.165) is 49.9 Å². The van der Waals surface area contributed by atoms with E-state index >= 15 is 4.39 Å². The predicted octanol–water partition coefficient (Wildman–Crippen LogP) is 2.74. The Labute approximate surface area is 184 Å². The summed E-state index contributed by atoms with van der Waals surface area (Å²) < 4.78 is 21.1. The number of aldehydes is 1. The zero-order chi connectivity index (χ0) is 22.1. The van der Waals surface area contributed by atoms with Crippen molar-refractivity contribution in [3.63, 3.8) is 0 Å². The lowest BCUT2D eigenvalue weighted by atomic mass is 9.99. The number of ether oxygens (including phenoxy) is 1. The Kier molecular flexibility index (Phi) is 5.71. The number of pyridine rings is 2. The first kappa shape index (κ1) is 20.8. The van der Waals surface area contributed by atoms with Crippen LogP contribution in [-0.2, 0) is 13.0 Å². The number of benzene rings is 1. The van der Waals surface area contributed by atoms with E-state index in [1.54, 1.807) is 12.3 Å². The maximum Gasteiger partial charge on any atom is 0.291 e. The maximum atomic E-state index is 15.6. The van der Waals surface area contributed by atoms with Gasteiger partial charge in [-0.25, -0.2) is 4.39 Å². The molecule has 1 saturated heterocycles. The number of hydrogen-bond acceptors (Lipinski definition) is 6. The van der Waals surface area contributed by atoms with Crippen LogP contribution in [0.4, 0.5) is 4.39 Å². The lowest BCUT2D eigenvalue weighted by molar-refractivity contribution is 0.111. The van der Waals surface area contributed by atoms with Crippen LogP contribution in [0.1, 0.15) is 46.1 Å². The third-order valence-electron chi connectivity index (χ3n) is 6.38. The number of aryl methyl sites for hydroxylation is 1. The van der Waals surface area contributed by atoms with E-state index in [4.69, 9.17) is 4.74 Å². The van der Waals surface area contributed by atoms with E-state index in [1.165, 1.54) is 0 Å². The van der Waals surface area contributed by atoms with Gasteiger partial charge >= 0.3 is 0 Å². The van der Waals surface area contributed by atoms with Crippen molar-refractivity contribution in [2.75, 3.05) is 26.2 Å². The topological polar surface area (TPSA) is 87.3 Å². The molecule has 32 heavy (non-hydrogen) atoms. The summed E-state index contributed by atoms with van der Waals surface area (Å²) in [6.07, 6.45) is 4.82. The minimum Gasteiger partial charge on any atom is -0.488 e. The van der Waals surface area contributed by atoms with Crippen molar-refractivity contribution in [2.45, 2.75) is 31.8 Å². The molecule has 0 saturated carbocycles. The van der Waals surface area contributed by atoms with Crippen LogP contribution in [0.25, 0.3) is 10.9 Å². The van der Waals surface area contributed by atoms with E-state index in [0.29, 0.717) is 42.0 Å². The molecular formula is C24H25FN4O3. The predicted molar refractivity (Wildman–Crippen MR) is 119 cm³/mol. The van der Waals surface area contributed by atoms with Crippen LogP contribution in [0.15, 0.2) is 35.3 Å². The van der Waals surface area contributed by atoms with Gasteiger partial charge in [-0.1, -0.05) is 18.2 Å².